The highest BCUT2D eigenvalue weighted by Crippen LogP contribution is 2.67. The van der Waals surface area contributed by atoms with Crippen LogP contribution in [0.25, 0.3) is 60.5 Å². The van der Waals surface area contributed by atoms with E-state index in [1.165, 1.54) is 105 Å². The predicted molar refractivity (Wildman–Crippen MR) is 226 cm³/mol. The van der Waals surface area contributed by atoms with Crippen LogP contribution in [0, 0.1) is 0 Å². The minimum Gasteiger partial charge on any atom is -0.309 e. The molecule has 55 heavy (non-hydrogen) atoms. The summed E-state index contributed by atoms with van der Waals surface area (Å²) in [4.78, 5) is 0. The molecule has 0 saturated carbocycles. The van der Waals surface area contributed by atoms with Gasteiger partial charge in [0.1, 0.15) is 0 Å². The predicted octanol–water partition coefficient (Wildman–Crippen LogP) is 13.0. The van der Waals surface area contributed by atoms with E-state index in [1.54, 1.807) is 0 Å². The maximum Gasteiger partial charge on any atom is 0.0720 e. The van der Waals surface area contributed by atoms with Crippen LogP contribution in [0.3, 0.4) is 0 Å². The van der Waals surface area contributed by atoms with E-state index in [-0.39, 0.29) is 0 Å². The Bertz CT molecular complexity index is 3170. The number of hydrogen-bond donors (Lipinski definition) is 0. The zero-order valence-corrected chi connectivity index (χ0v) is 30.0. The Kier molecular flexibility index (Phi) is 5.56. The van der Waals surface area contributed by atoms with Gasteiger partial charge in [0, 0.05) is 16.5 Å². The number of aromatic nitrogens is 1. The maximum absolute atomic E-state index is 2.58. The summed E-state index contributed by atoms with van der Waals surface area (Å²) in [7, 11) is 0. The summed E-state index contributed by atoms with van der Waals surface area (Å²) in [5, 5.41) is 5.13. The molecule has 0 atom stereocenters. The molecule has 254 valence electrons. The topological polar surface area (TPSA) is 4.93 Å². The minimum absolute atomic E-state index is 0.451. The Labute approximate surface area is 319 Å². The number of rotatable bonds is 1. The van der Waals surface area contributed by atoms with E-state index < -0.39 is 10.8 Å². The zero-order chi connectivity index (χ0) is 35.9. The minimum atomic E-state index is -0.531. The molecule has 1 aromatic heterocycles. The average molecular weight is 696 g/mol. The van der Waals surface area contributed by atoms with Crippen LogP contribution in [-0.2, 0) is 10.8 Å². The van der Waals surface area contributed by atoms with Crippen LogP contribution in [0.5, 0.6) is 0 Å². The quantitative estimate of drug-likeness (QED) is 0.161. The van der Waals surface area contributed by atoms with Crippen molar-refractivity contribution in [1.82, 2.24) is 4.57 Å². The van der Waals surface area contributed by atoms with Crippen molar-refractivity contribution in [3.05, 3.63) is 245 Å². The van der Waals surface area contributed by atoms with Gasteiger partial charge in [0.15, 0.2) is 0 Å². The van der Waals surface area contributed by atoms with Gasteiger partial charge in [-0.2, -0.15) is 0 Å². The van der Waals surface area contributed by atoms with Gasteiger partial charge in [0.25, 0.3) is 0 Å². The van der Waals surface area contributed by atoms with Gasteiger partial charge in [-0.15, -0.1) is 0 Å². The Hall–Kier alpha value is -6.96. The summed E-state index contributed by atoms with van der Waals surface area (Å²) < 4.78 is 2.48. The summed E-state index contributed by atoms with van der Waals surface area (Å²) in [6.07, 6.45) is 0. The van der Waals surface area contributed by atoms with Gasteiger partial charge in [-0.1, -0.05) is 170 Å². The lowest BCUT2D eigenvalue weighted by atomic mass is 9.52. The third-order valence-electron chi connectivity index (χ3n) is 13.3. The van der Waals surface area contributed by atoms with E-state index >= 15 is 0 Å². The SMILES string of the molecule is c1ccc(-n2c3cc4c(cc3c3c5ccccc5ccc32)C2(c3ccccc3-4)c3ccccc3C3(c4ccccc4-c4ccccc43)c3ccccc32)cc1. The van der Waals surface area contributed by atoms with Gasteiger partial charge < -0.3 is 4.57 Å². The van der Waals surface area contributed by atoms with Crippen molar-refractivity contribution in [2.24, 2.45) is 0 Å². The Balaban J connectivity index is 1.23. The number of hydrogen-bond acceptors (Lipinski definition) is 0. The van der Waals surface area contributed by atoms with Crippen molar-refractivity contribution >= 4 is 32.6 Å². The Morgan fingerprint density at radius 1 is 0.291 bits per heavy atom. The first-order valence-electron chi connectivity index (χ1n) is 19.4. The standard InChI is InChI=1S/C54H33N/c1-2-17-35(18-3-1)55-50-31-30-34-16-4-5-19-36(34)52(50)41-32-49-40(33-51(41)55)39-22-8-11-25-44(39)54(49)47-28-14-12-26-45(47)53(46-27-13-15-29-48(46)54)42-23-9-6-20-37(42)38-21-7-10-24-43(38)53/h1-33H. The van der Waals surface area contributed by atoms with Crippen molar-refractivity contribution in [3.8, 4) is 27.9 Å². The molecule has 3 aliphatic carbocycles. The van der Waals surface area contributed by atoms with E-state index in [2.05, 4.69) is 205 Å². The van der Waals surface area contributed by atoms with Crippen molar-refractivity contribution in [3.63, 3.8) is 0 Å². The van der Waals surface area contributed by atoms with Crippen LogP contribution >= 0.6 is 0 Å². The maximum atomic E-state index is 2.58. The monoisotopic (exact) mass is 695 g/mol. The Morgan fingerprint density at radius 3 is 1.33 bits per heavy atom. The van der Waals surface area contributed by atoms with Gasteiger partial charge >= 0.3 is 0 Å². The number of para-hydroxylation sites is 1. The van der Waals surface area contributed by atoms with Crippen molar-refractivity contribution < 1.29 is 0 Å². The van der Waals surface area contributed by atoms with Crippen molar-refractivity contribution in [2.45, 2.75) is 10.8 Å². The molecule has 1 nitrogen and oxygen atoms in total. The third-order valence-corrected chi connectivity index (χ3v) is 13.3. The molecule has 0 fully saturated rings. The van der Waals surface area contributed by atoms with Crippen LogP contribution in [0.1, 0.15) is 44.5 Å². The van der Waals surface area contributed by atoms with E-state index in [9.17, 15) is 0 Å². The molecule has 0 saturated heterocycles. The van der Waals surface area contributed by atoms with Crippen LogP contribution in [-0.4, -0.2) is 4.57 Å². The van der Waals surface area contributed by atoms with E-state index in [4.69, 9.17) is 0 Å². The molecule has 0 unspecified atom stereocenters. The molecule has 0 N–H and O–H groups in total. The second-order valence-electron chi connectivity index (χ2n) is 15.5. The fourth-order valence-electron chi connectivity index (χ4n) is 11.4. The summed E-state index contributed by atoms with van der Waals surface area (Å²) in [5.74, 6) is 0. The van der Waals surface area contributed by atoms with Crippen LogP contribution in [0.2, 0.25) is 0 Å². The molecule has 10 aromatic rings. The van der Waals surface area contributed by atoms with Crippen LogP contribution in [0.4, 0.5) is 0 Å². The molecule has 9 aromatic carbocycles. The molecule has 0 bridgehead atoms. The van der Waals surface area contributed by atoms with Crippen molar-refractivity contribution in [2.75, 3.05) is 0 Å². The third kappa shape index (κ3) is 3.38. The van der Waals surface area contributed by atoms with E-state index in [1.807, 2.05) is 0 Å². The zero-order valence-electron chi connectivity index (χ0n) is 30.0. The van der Waals surface area contributed by atoms with Gasteiger partial charge in [-0.05, 0) is 108 Å². The second-order valence-corrected chi connectivity index (χ2v) is 15.5. The second kappa shape index (κ2) is 10.4. The number of nitrogens with zero attached hydrogens (tertiary/aromatic N) is 1. The summed E-state index contributed by atoms with van der Waals surface area (Å²) >= 11 is 0. The highest BCUT2D eigenvalue weighted by Gasteiger charge is 2.58. The highest BCUT2D eigenvalue weighted by molar-refractivity contribution is 6.22. The highest BCUT2D eigenvalue weighted by atomic mass is 15.0. The lowest BCUT2D eigenvalue weighted by molar-refractivity contribution is 0.633. The lowest BCUT2D eigenvalue weighted by Gasteiger charge is -2.48. The molecule has 0 amide bonds. The normalized spacial score (nSPS) is 14.8. The van der Waals surface area contributed by atoms with Gasteiger partial charge in [0.05, 0.1) is 21.9 Å². The molecule has 1 heteroatoms. The fourth-order valence-corrected chi connectivity index (χ4v) is 11.4. The van der Waals surface area contributed by atoms with Crippen LogP contribution in [0.15, 0.2) is 200 Å². The molecule has 0 radical (unpaired) electrons. The molecular formula is C54H33N. The largest absolute Gasteiger partial charge is 0.309 e. The Morgan fingerprint density at radius 2 is 0.745 bits per heavy atom. The lowest BCUT2D eigenvalue weighted by Crippen LogP contribution is -2.43. The van der Waals surface area contributed by atoms with E-state index in [0.29, 0.717) is 0 Å². The molecule has 13 rings (SSSR count). The first-order chi connectivity index (χ1) is 27.3. The van der Waals surface area contributed by atoms with E-state index in [0.717, 1.165) is 0 Å². The van der Waals surface area contributed by atoms with Crippen LogP contribution < -0.4 is 0 Å². The number of benzene rings is 9. The summed E-state index contributed by atoms with van der Waals surface area (Å²) in [6, 6.07) is 75.7. The fraction of sp³-hybridized carbons (Fsp3) is 0.0370. The summed E-state index contributed by atoms with van der Waals surface area (Å²) in [6.45, 7) is 0. The molecule has 1 heterocycles. The van der Waals surface area contributed by atoms with Gasteiger partial charge in [0.2, 0.25) is 0 Å². The molecule has 0 aliphatic heterocycles. The van der Waals surface area contributed by atoms with Gasteiger partial charge in [-0.25, -0.2) is 0 Å². The average Bonchev–Trinajstić information content (AvgIpc) is 3.85. The number of fused-ring (bicyclic) bond motifs is 21. The first kappa shape index (κ1) is 29.5. The molecule has 2 spiro atoms. The first-order valence-corrected chi connectivity index (χ1v) is 19.4. The molecular weight excluding hydrogens is 663 g/mol. The van der Waals surface area contributed by atoms with Gasteiger partial charge in [-0.3, -0.25) is 0 Å². The van der Waals surface area contributed by atoms with Crippen molar-refractivity contribution in [1.29, 1.82) is 0 Å². The molecule has 3 aliphatic rings. The summed E-state index contributed by atoms with van der Waals surface area (Å²) in [5.41, 5.74) is 18.8. The smallest absolute Gasteiger partial charge is 0.0720 e.